The number of nitrogens with one attached hydrogen (secondary N) is 1. The fourth-order valence-corrected chi connectivity index (χ4v) is 5.77. The van der Waals surface area contributed by atoms with Crippen molar-refractivity contribution in [2.45, 2.75) is 68.3 Å². The zero-order chi connectivity index (χ0) is 36.3. The van der Waals surface area contributed by atoms with Crippen molar-refractivity contribution in [2.75, 3.05) is 30.2 Å². The third kappa shape index (κ3) is 8.94. The monoisotopic (exact) mass is 717 g/mol. The molecule has 0 atom stereocenters. The molecule has 266 valence electrons. The number of hydrogen-bond acceptors (Lipinski definition) is 14. The van der Waals surface area contributed by atoms with E-state index in [2.05, 4.69) is 40.2 Å². The van der Waals surface area contributed by atoms with Crippen molar-refractivity contribution in [1.29, 1.82) is 0 Å². The Morgan fingerprint density at radius 1 is 0.960 bits per heavy atom. The summed E-state index contributed by atoms with van der Waals surface area (Å²) in [5.41, 5.74) is -2.07. The van der Waals surface area contributed by atoms with Gasteiger partial charge in [0.1, 0.15) is 12.2 Å². The van der Waals surface area contributed by atoms with E-state index >= 15 is 0 Å². The predicted molar refractivity (Wildman–Crippen MR) is 173 cm³/mol. The van der Waals surface area contributed by atoms with Gasteiger partial charge in [0.15, 0.2) is 15.7 Å². The minimum atomic E-state index is -4.82. The average Bonchev–Trinajstić information content (AvgIpc) is 3.07. The summed E-state index contributed by atoms with van der Waals surface area (Å²) in [5, 5.41) is 13.2. The van der Waals surface area contributed by atoms with Gasteiger partial charge in [-0.2, -0.15) is 13.2 Å². The molecular formula is C31H34F3N9O6S. The number of methoxy groups -OCH3 is 1. The first kappa shape index (κ1) is 36.2. The topological polar surface area (TPSA) is 195 Å². The SMILES string of the molecule is COc1ncc(-c2cnc(N(C(=O)OCC(C)(C)O)C3CCC(Nc4ncc(C(F)(F)F)c(-c5cncc(S(C)(=O)=O)c5)n4)CC3)cn2)cn1. The molecule has 0 unspecified atom stereocenters. The Kier molecular flexibility index (Phi) is 10.5. The number of amides is 1. The molecule has 5 rings (SSSR count). The lowest BCUT2D eigenvalue weighted by Crippen LogP contribution is -2.46. The van der Waals surface area contributed by atoms with Crippen LogP contribution in [0.4, 0.5) is 29.7 Å². The van der Waals surface area contributed by atoms with Crippen molar-refractivity contribution in [3.05, 3.63) is 55.0 Å². The Bertz CT molecular complexity index is 1920. The molecule has 0 bridgehead atoms. The number of pyridine rings is 1. The molecule has 1 fully saturated rings. The first-order valence-electron chi connectivity index (χ1n) is 15.2. The van der Waals surface area contributed by atoms with Gasteiger partial charge in [0.2, 0.25) is 5.95 Å². The van der Waals surface area contributed by atoms with Crippen LogP contribution in [0, 0.1) is 0 Å². The number of halogens is 3. The van der Waals surface area contributed by atoms with Crippen LogP contribution in [-0.4, -0.2) is 92.2 Å². The molecule has 4 heterocycles. The Balaban J connectivity index is 1.34. The maximum atomic E-state index is 13.9. The molecule has 15 nitrogen and oxygen atoms in total. The number of rotatable bonds is 10. The molecule has 0 aromatic carbocycles. The molecule has 50 heavy (non-hydrogen) atoms. The molecule has 0 aliphatic heterocycles. The molecule has 0 saturated heterocycles. The van der Waals surface area contributed by atoms with Gasteiger partial charge in [0, 0.05) is 60.5 Å². The second-order valence-electron chi connectivity index (χ2n) is 12.2. The lowest BCUT2D eigenvalue weighted by atomic mass is 9.90. The Labute approximate surface area is 285 Å². The summed E-state index contributed by atoms with van der Waals surface area (Å²) in [6.07, 6.45) is 5.86. The van der Waals surface area contributed by atoms with Gasteiger partial charge in [-0.25, -0.2) is 38.1 Å². The second kappa shape index (κ2) is 14.4. The lowest BCUT2D eigenvalue weighted by molar-refractivity contribution is -0.137. The van der Waals surface area contributed by atoms with E-state index in [1.54, 1.807) is 0 Å². The number of hydrogen-bond donors (Lipinski definition) is 2. The molecular weight excluding hydrogens is 683 g/mol. The van der Waals surface area contributed by atoms with Gasteiger partial charge in [-0.15, -0.1) is 0 Å². The van der Waals surface area contributed by atoms with Crippen LogP contribution in [0.25, 0.3) is 22.5 Å². The summed E-state index contributed by atoms with van der Waals surface area (Å²) < 4.78 is 76.3. The van der Waals surface area contributed by atoms with E-state index in [1.165, 1.54) is 50.6 Å². The predicted octanol–water partition coefficient (Wildman–Crippen LogP) is 4.35. The largest absolute Gasteiger partial charge is 0.467 e. The van der Waals surface area contributed by atoms with Crippen LogP contribution in [0.3, 0.4) is 0 Å². The number of carbonyl (C=O) groups excluding carboxylic acids is 1. The van der Waals surface area contributed by atoms with E-state index in [0.29, 0.717) is 43.1 Å². The Morgan fingerprint density at radius 2 is 1.66 bits per heavy atom. The van der Waals surface area contributed by atoms with Crippen molar-refractivity contribution in [2.24, 2.45) is 0 Å². The van der Waals surface area contributed by atoms with Crippen LogP contribution in [0.2, 0.25) is 0 Å². The lowest BCUT2D eigenvalue weighted by Gasteiger charge is -2.36. The van der Waals surface area contributed by atoms with Gasteiger partial charge >= 0.3 is 18.3 Å². The normalized spacial score (nSPS) is 16.8. The zero-order valence-corrected chi connectivity index (χ0v) is 28.2. The number of sulfone groups is 1. The summed E-state index contributed by atoms with van der Waals surface area (Å²) in [4.78, 5) is 43.3. The van der Waals surface area contributed by atoms with Crippen LogP contribution in [0.1, 0.15) is 45.1 Å². The number of nitrogens with zero attached hydrogens (tertiary/aromatic N) is 8. The minimum absolute atomic E-state index is 0.0911. The number of carbonyl (C=O) groups is 1. The standard InChI is InChI=1S/C31H34F3N9O6S/c1-30(2,45)17-49-29(44)43(25-16-36-24(15-37-25)19-11-39-28(48-3)40-12-19)21-7-5-20(6-8-21)41-27-38-14-23(31(32,33)34)26(42-27)18-9-22(13-35-10-18)50(4,46)47/h9-16,20-21,45H,5-8,17H2,1-4H3,(H,38,41,42). The summed E-state index contributed by atoms with van der Waals surface area (Å²) in [6.45, 7) is 2.73. The van der Waals surface area contributed by atoms with Crippen LogP contribution in [0.15, 0.2) is 54.3 Å². The summed E-state index contributed by atoms with van der Waals surface area (Å²) in [7, 11) is -2.31. The third-order valence-electron chi connectivity index (χ3n) is 7.64. The number of alkyl halides is 3. The van der Waals surface area contributed by atoms with Crippen molar-refractivity contribution < 1.29 is 41.0 Å². The van der Waals surface area contributed by atoms with Crippen molar-refractivity contribution >= 4 is 27.7 Å². The van der Waals surface area contributed by atoms with E-state index in [0.717, 1.165) is 24.7 Å². The quantitative estimate of drug-likeness (QED) is 0.235. The number of anilines is 2. The fourth-order valence-electron chi connectivity index (χ4n) is 5.18. The van der Waals surface area contributed by atoms with Crippen LogP contribution >= 0.6 is 0 Å². The van der Waals surface area contributed by atoms with E-state index in [4.69, 9.17) is 9.47 Å². The van der Waals surface area contributed by atoms with Gasteiger partial charge in [-0.1, -0.05) is 0 Å². The maximum Gasteiger partial charge on any atom is 0.419 e. The maximum absolute atomic E-state index is 13.9. The number of ether oxygens (including phenoxy) is 2. The molecule has 0 spiro atoms. The Hall–Kier alpha value is -5.04. The van der Waals surface area contributed by atoms with E-state index in [1.807, 2.05) is 0 Å². The molecule has 1 aliphatic carbocycles. The van der Waals surface area contributed by atoms with Crippen LogP contribution in [0.5, 0.6) is 6.01 Å². The fraction of sp³-hybridized carbons (Fsp3) is 0.419. The molecule has 1 amide bonds. The molecule has 1 aliphatic rings. The molecule has 0 radical (unpaired) electrons. The average molecular weight is 718 g/mol. The highest BCUT2D eigenvalue weighted by Crippen LogP contribution is 2.37. The minimum Gasteiger partial charge on any atom is -0.467 e. The van der Waals surface area contributed by atoms with Gasteiger partial charge < -0.3 is 19.9 Å². The number of aromatic nitrogens is 7. The zero-order valence-electron chi connectivity index (χ0n) is 27.4. The van der Waals surface area contributed by atoms with E-state index < -0.39 is 45.0 Å². The van der Waals surface area contributed by atoms with E-state index in [9.17, 15) is 31.5 Å². The highest BCUT2D eigenvalue weighted by atomic mass is 32.2. The highest BCUT2D eigenvalue weighted by molar-refractivity contribution is 7.90. The van der Waals surface area contributed by atoms with Gasteiger partial charge in [-0.05, 0) is 45.6 Å². The Morgan fingerprint density at radius 3 is 2.24 bits per heavy atom. The first-order chi connectivity index (χ1) is 23.5. The number of aliphatic hydroxyl groups is 1. The first-order valence-corrected chi connectivity index (χ1v) is 17.1. The molecule has 2 N–H and O–H groups in total. The molecule has 4 aromatic rings. The van der Waals surface area contributed by atoms with Crippen molar-refractivity contribution in [1.82, 2.24) is 34.9 Å². The molecule has 19 heteroatoms. The van der Waals surface area contributed by atoms with Crippen molar-refractivity contribution in [3.8, 4) is 28.5 Å². The summed E-state index contributed by atoms with van der Waals surface area (Å²) in [6, 6.07) is 0.585. The van der Waals surface area contributed by atoms with E-state index in [-0.39, 0.29) is 40.9 Å². The summed E-state index contributed by atoms with van der Waals surface area (Å²) >= 11 is 0. The molecule has 1 saturated carbocycles. The van der Waals surface area contributed by atoms with Crippen LogP contribution in [-0.2, 0) is 20.8 Å². The third-order valence-corrected chi connectivity index (χ3v) is 8.72. The molecule has 4 aromatic heterocycles. The highest BCUT2D eigenvalue weighted by Gasteiger charge is 2.37. The smallest absolute Gasteiger partial charge is 0.419 e. The van der Waals surface area contributed by atoms with Gasteiger partial charge in [-0.3, -0.25) is 14.9 Å². The van der Waals surface area contributed by atoms with Crippen LogP contribution < -0.4 is 15.0 Å². The van der Waals surface area contributed by atoms with Gasteiger partial charge in [0.05, 0.1) is 41.4 Å². The van der Waals surface area contributed by atoms with Gasteiger partial charge in [0.25, 0.3) is 0 Å². The second-order valence-corrected chi connectivity index (χ2v) is 14.3. The summed E-state index contributed by atoms with van der Waals surface area (Å²) in [5.74, 6) is 0.118. The van der Waals surface area contributed by atoms with Crippen molar-refractivity contribution in [3.63, 3.8) is 0 Å².